The smallest absolute Gasteiger partial charge is 0.263 e. The highest BCUT2D eigenvalue weighted by Crippen LogP contribution is 2.31. The van der Waals surface area contributed by atoms with Crippen LogP contribution in [-0.2, 0) is 10.0 Å². The first-order valence-electron chi connectivity index (χ1n) is 6.27. The second-order valence-electron chi connectivity index (χ2n) is 4.81. The Balaban J connectivity index is 2.32. The minimum absolute atomic E-state index is 0.131. The summed E-state index contributed by atoms with van der Waals surface area (Å²) in [5, 5.41) is -0.514. The molecule has 1 saturated carbocycles. The van der Waals surface area contributed by atoms with Crippen molar-refractivity contribution in [1.82, 2.24) is 9.29 Å². The predicted molar refractivity (Wildman–Crippen MR) is 69.3 cm³/mol. The number of nitrogens with zero attached hydrogens (tertiary/aromatic N) is 2. The van der Waals surface area contributed by atoms with Gasteiger partial charge in [0.1, 0.15) is 0 Å². The van der Waals surface area contributed by atoms with Crippen molar-refractivity contribution >= 4 is 10.0 Å². The van der Waals surface area contributed by atoms with E-state index in [-0.39, 0.29) is 12.0 Å². The average Bonchev–Trinajstić information content (AvgIpc) is 2.86. The zero-order chi connectivity index (χ0) is 14.0. The molecular weight excluding hydrogens is 269 g/mol. The van der Waals surface area contributed by atoms with Gasteiger partial charge in [0.15, 0.2) is 5.82 Å². The molecule has 0 amide bonds. The van der Waals surface area contributed by atoms with Gasteiger partial charge in [-0.3, -0.25) is 0 Å². The summed E-state index contributed by atoms with van der Waals surface area (Å²) in [6.07, 6.45) is 3.88. The van der Waals surface area contributed by atoms with E-state index in [0.717, 1.165) is 25.3 Å². The Morgan fingerprint density at radius 3 is 2.89 bits per heavy atom. The van der Waals surface area contributed by atoms with Crippen LogP contribution in [0, 0.1) is 11.7 Å². The zero-order valence-electron chi connectivity index (χ0n) is 10.8. The van der Waals surface area contributed by atoms with Gasteiger partial charge in [0, 0.05) is 19.3 Å². The molecule has 0 aromatic carbocycles. The van der Waals surface area contributed by atoms with E-state index in [1.54, 1.807) is 0 Å². The summed E-state index contributed by atoms with van der Waals surface area (Å²) >= 11 is 0. The molecule has 5 nitrogen and oxygen atoms in total. The molecular formula is C12H18FN3O2S. The summed E-state index contributed by atoms with van der Waals surface area (Å²) < 4.78 is 39.6. The summed E-state index contributed by atoms with van der Waals surface area (Å²) in [6.45, 7) is 0.440. The molecule has 2 unspecified atom stereocenters. The number of hydrogen-bond acceptors (Lipinski definition) is 4. The molecule has 1 aromatic rings. The lowest BCUT2D eigenvalue weighted by Gasteiger charge is -2.28. The van der Waals surface area contributed by atoms with Crippen LogP contribution < -0.4 is 5.73 Å². The Bertz CT molecular complexity index is 550. The maximum Gasteiger partial charge on any atom is 0.263 e. The van der Waals surface area contributed by atoms with E-state index < -0.39 is 20.9 Å². The van der Waals surface area contributed by atoms with Gasteiger partial charge >= 0.3 is 0 Å². The highest BCUT2D eigenvalue weighted by molar-refractivity contribution is 7.89. The fourth-order valence-electron chi connectivity index (χ4n) is 2.65. The Labute approximate surface area is 112 Å². The van der Waals surface area contributed by atoms with Gasteiger partial charge in [0.2, 0.25) is 5.03 Å². The fourth-order valence-corrected chi connectivity index (χ4v) is 4.06. The third kappa shape index (κ3) is 2.63. The minimum atomic E-state index is -3.90. The van der Waals surface area contributed by atoms with E-state index in [4.69, 9.17) is 5.73 Å². The van der Waals surface area contributed by atoms with E-state index in [0.29, 0.717) is 6.54 Å². The van der Waals surface area contributed by atoms with Crippen molar-refractivity contribution in [2.45, 2.75) is 30.3 Å². The second kappa shape index (κ2) is 5.52. The molecule has 0 spiro atoms. The van der Waals surface area contributed by atoms with Gasteiger partial charge in [-0.1, -0.05) is 6.42 Å². The highest BCUT2D eigenvalue weighted by Gasteiger charge is 2.37. The van der Waals surface area contributed by atoms with Crippen LogP contribution in [0.25, 0.3) is 0 Å². The first-order chi connectivity index (χ1) is 8.98. The molecule has 0 bridgehead atoms. The molecule has 1 heterocycles. The summed E-state index contributed by atoms with van der Waals surface area (Å²) in [5.74, 6) is -0.691. The first-order valence-corrected chi connectivity index (χ1v) is 7.71. The maximum absolute atomic E-state index is 13.6. The molecule has 19 heavy (non-hydrogen) atoms. The van der Waals surface area contributed by atoms with Gasteiger partial charge in [0.05, 0.1) is 0 Å². The van der Waals surface area contributed by atoms with Gasteiger partial charge in [-0.15, -0.1) is 0 Å². The van der Waals surface area contributed by atoms with Gasteiger partial charge < -0.3 is 5.73 Å². The molecule has 0 aliphatic heterocycles. The quantitative estimate of drug-likeness (QED) is 0.895. The molecule has 1 fully saturated rings. The van der Waals surface area contributed by atoms with Crippen LogP contribution in [-0.4, -0.2) is 37.3 Å². The number of hydrogen-bond donors (Lipinski definition) is 1. The lowest BCUT2D eigenvalue weighted by Crippen LogP contribution is -2.42. The Morgan fingerprint density at radius 1 is 1.53 bits per heavy atom. The summed E-state index contributed by atoms with van der Waals surface area (Å²) in [4.78, 5) is 3.66. The highest BCUT2D eigenvalue weighted by atomic mass is 32.2. The second-order valence-corrected chi connectivity index (χ2v) is 6.72. The molecule has 2 N–H and O–H groups in total. The van der Waals surface area contributed by atoms with E-state index in [9.17, 15) is 12.8 Å². The minimum Gasteiger partial charge on any atom is -0.330 e. The number of aromatic nitrogens is 1. The largest absolute Gasteiger partial charge is 0.330 e. The van der Waals surface area contributed by atoms with Crippen LogP contribution in [0.5, 0.6) is 0 Å². The summed E-state index contributed by atoms with van der Waals surface area (Å²) in [7, 11) is -2.43. The number of rotatable bonds is 4. The Morgan fingerprint density at radius 2 is 2.26 bits per heavy atom. The van der Waals surface area contributed by atoms with Crippen LogP contribution in [0.3, 0.4) is 0 Å². The standard InChI is InChI=1S/C12H18FN3O2S/c1-16(11-6-2-4-9(11)8-14)19(17,18)12-10(13)5-3-7-15-12/h3,5,7,9,11H,2,4,6,8,14H2,1H3. The molecule has 2 rings (SSSR count). The van der Waals surface area contributed by atoms with Crippen molar-refractivity contribution in [3.63, 3.8) is 0 Å². The van der Waals surface area contributed by atoms with Crippen LogP contribution in [0.15, 0.2) is 23.4 Å². The number of halogens is 1. The van der Waals surface area contributed by atoms with E-state index in [2.05, 4.69) is 4.98 Å². The topological polar surface area (TPSA) is 76.3 Å². The predicted octanol–water partition coefficient (Wildman–Crippen LogP) is 0.969. The van der Waals surface area contributed by atoms with Gasteiger partial charge in [-0.25, -0.2) is 17.8 Å². The first kappa shape index (κ1) is 14.4. The normalized spacial score (nSPS) is 24.0. The number of sulfonamides is 1. The molecule has 106 valence electrons. The van der Waals surface area contributed by atoms with Gasteiger partial charge in [-0.05, 0) is 37.4 Å². The molecule has 0 saturated heterocycles. The Kier molecular flexibility index (Phi) is 4.17. The van der Waals surface area contributed by atoms with Crippen molar-refractivity contribution in [2.24, 2.45) is 11.7 Å². The summed E-state index contributed by atoms with van der Waals surface area (Å²) in [6, 6.07) is 2.30. The zero-order valence-corrected chi connectivity index (χ0v) is 11.6. The van der Waals surface area contributed by atoms with E-state index >= 15 is 0 Å². The summed E-state index contributed by atoms with van der Waals surface area (Å²) in [5.41, 5.74) is 5.66. The molecule has 1 aromatic heterocycles. The average molecular weight is 287 g/mol. The third-order valence-corrected chi connectivity index (χ3v) is 5.56. The molecule has 7 heteroatoms. The third-order valence-electron chi connectivity index (χ3n) is 3.74. The van der Waals surface area contributed by atoms with Gasteiger partial charge in [0.25, 0.3) is 10.0 Å². The molecule has 1 aliphatic carbocycles. The maximum atomic E-state index is 13.6. The molecule has 0 radical (unpaired) electrons. The van der Waals surface area contributed by atoms with Crippen molar-refractivity contribution in [3.05, 3.63) is 24.1 Å². The van der Waals surface area contributed by atoms with E-state index in [1.165, 1.54) is 23.6 Å². The van der Waals surface area contributed by atoms with E-state index in [1.807, 2.05) is 0 Å². The van der Waals surface area contributed by atoms with Crippen LogP contribution >= 0.6 is 0 Å². The SMILES string of the molecule is CN(C1CCCC1CN)S(=O)(=O)c1ncccc1F. The lowest BCUT2D eigenvalue weighted by atomic mass is 10.0. The van der Waals surface area contributed by atoms with Gasteiger partial charge in [-0.2, -0.15) is 4.31 Å². The molecule has 1 aliphatic rings. The van der Waals surface area contributed by atoms with Crippen molar-refractivity contribution in [2.75, 3.05) is 13.6 Å². The lowest BCUT2D eigenvalue weighted by molar-refractivity contribution is 0.302. The Hall–Kier alpha value is -1.05. The fraction of sp³-hybridized carbons (Fsp3) is 0.583. The number of nitrogens with two attached hydrogens (primary N) is 1. The van der Waals surface area contributed by atoms with Crippen molar-refractivity contribution in [1.29, 1.82) is 0 Å². The van der Waals surface area contributed by atoms with Crippen LogP contribution in [0.4, 0.5) is 4.39 Å². The van der Waals surface area contributed by atoms with Crippen LogP contribution in [0.2, 0.25) is 0 Å². The molecule has 2 atom stereocenters. The van der Waals surface area contributed by atoms with Crippen molar-refractivity contribution < 1.29 is 12.8 Å². The monoisotopic (exact) mass is 287 g/mol. The number of pyridine rings is 1. The van der Waals surface area contributed by atoms with Crippen LogP contribution in [0.1, 0.15) is 19.3 Å². The van der Waals surface area contributed by atoms with Crippen molar-refractivity contribution in [3.8, 4) is 0 Å².